The van der Waals surface area contributed by atoms with E-state index in [1.54, 1.807) is 72.8 Å². The van der Waals surface area contributed by atoms with Crippen molar-refractivity contribution in [1.82, 2.24) is 0 Å². The summed E-state index contributed by atoms with van der Waals surface area (Å²) < 4.78 is 41.8. The van der Waals surface area contributed by atoms with Gasteiger partial charge in [-0.05, 0) is 72.8 Å². The van der Waals surface area contributed by atoms with Gasteiger partial charge in [-0.15, -0.1) is 0 Å². The Morgan fingerprint density at radius 2 is 0.969 bits per heavy atom. The molecule has 32 heavy (non-hydrogen) atoms. The van der Waals surface area contributed by atoms with Crippen LogP contribution in [0.3, 0.4) is 0 Å². The second-order valence-corrected chi connectivity index (χ2v) is 8.38. The minimum atomic E-state index is -4.02. The molecule has 0 saturated carbocycles. The van der Waals surface area contributed by atoms with Crippen LogP contribution in [0.1, 0.15) is 0 Å². The van der Waals surface area contributed by atoms with E-state index in [9.17, 15) is 8.42 Å². The number of benzene rings is 4. The highest BCUT2D eigenvalue weighted by Crippen LogP contribution is 2.28. The van der Waals surface area contributed by atoms with Gasteiger partial charge in [-0.3, -0.25) is 0 Å². The smallest absolute Gasteiger partial charge is 0.339 e. The molecule has 8 heteroatoms. The van der Waals surface area contributed by atoms with Crippen molar-refractivity contribution in [2.45, 2.75) is 4.90 Å². The summed E-state index contributed by atoms with van der Waals surface area (Å²) in [5.74, 6) is 2.27. The fourth-order valence-corrected chi connectivity index (χ4v) is 3.77. The predicted molar refractivity (Wildman–Crippen MR) is 123 cm³/mol. The molecule has 0 aromatic heterocycles. The lowest BCUT2D eigenvalue weighted by atomic mass is 10.3. The number of nitrogen functional groups attached to an aromatic ring is 2. The molecule has 0 aliphatic rings. The summed E-state index contributed by atoms with van der Waals surface area (Å²) in [6.07, 6.45) is 0. The molecule has 162 valence electrons. The van der Waals surface area contributed by atoms with E-state index in [1.165, 1.54) is 24.3 Å². The average molecular weight is 449 g/mol. The SMILES string of the molecule is Nc1cccc(Oc2ccc(OS(=O)(=O)c3ccc(Oc4cccc(N)c4)cc3)cc2)c1. The summed E-state index contributed by atoms with van der Waals surface area (Å²) in [5.41, 5.74) is 12.6. The predicted octanol–water partition coefficient (Wildman–Crippen LogP) is 5.20. The summed E-state index contributed by atoms with van der Waals surface area (Å²) in [6.45, 7) is 0. The van der Waals surface area contributed by atoms with E-state index in [4.69, 9.17) is 25.1 Å². The molecule has 0 radical (unpaired) electrons. The first kappa shape index (κ1) is 21.1. The van der Waals surface area contributed by atoms with Crippen molar-refractivity contribution < 1.29 is 22.1 Å². The lowest BCUT2D eigenvalue weighted by Gasteiger charge is -2.10. The Kier molecular flexibility index (Phi) is 5.87. The molecule has 7 nitrogen and oxygen atoms in total. The lowest BCUT2D eigenvalue weighted by molar-refractivity contribution is 0.473. The second-order valence-electron chi connectivity index (χ2n) is 6.83. The standard InChI is InChI=1S/C24H20N2O5S/c25-17-3-1-5-22(15-17)29-19-7-9-21(10-8-19)31-32(27,28)24-13-11-20(12-14-24)30-23-6-2-4-18(26)16-23/h1-16H,25-26H2. The first-order chi connectivity index (χ1) is 15.4. The number of hydrogen-bond donors (Lipinski definition) is 2. The highest BCUT2D eigenvalue weighted by molar-refractivity contribution is 7.87. The molecule has 0 unspecified atom stereocenters. The van der Waals surface area contributed by atoms with Gasteiger partial charge in [-0.2, -0.15) is 8.42 Å². The van der Waals surface area contributed by atoms with Crippen LogP contribution in [0, 0.1) is 0 Å². The third-order valence-corrected chi connectivity index (χ3v) is 5.59. The molecule has 0 heterocycles. The molecular formula is C24H20N2O5S. The summed E-state index contributed by atoms with van der Waals surface area (Å²) >= 11 is 0. The van der Waals surface area contributed by atoms with Gasteiger partial charge in [0.1, 0.15) is 33.6 Å². The largest absolute Gasteiger partial charge is 0.457 e. The molecule has 0 aliphatic heterocycles. The van der Waals surface area contributed by atoms with E-state index in [2.05, 4.69) is 0 Å². The molecule has 0 saturated heterocycles. The van der Waals surface area contributed by atoms with E-state index >= 15 is 0 Å². The number of anilines is 2. The summed E-state index contributed by atoms with van der Waals surface area (Å²) in [4.78, 5) is -0.00230. The third kappa shape index (κ3) is 5.30. The van der Waals surface area contributed by atoms with Gasteiger partial charge in [-0.25, -0.2) is 0 Å². The summed E-state index contributed by atoms with van der Waals surface area (Å²) in [7, 11) is -4.02. The van der Waals surface area contributed by atoms with Crippen LogP contribution in [0.4, 0.5) is 11.4 Å². The van der Waals surface area contributed by atoms with Crippen molar-refractivity contribution in [3.63, 3.8) is 0 Å². The first-order valence-corrected chi connectivity index (χ1v) is 11.0. The molecule has 0 amide bonds. The van der Waals surface area contributed by atoms with E-state index in [-0.39, 0.29) is 10.6 Å². The van der Waals surface area contributed by atoms with Gasteiger partial charge in [0.15, 0.2) is 0 Å². The lowest BCUT2D eigenvalue weighted by Crippen LogP contribution is -2.09. The van der Waals surface area contributed by atoms with Gasteiger partial charge >= 0.3 is 10.1 Å². The molecule has 4 aromatic rings. The zero-order chi connectivity index (χ0) is 22.6. The van der Waals surface area contributed by atoms with Crippen LogP contribution in [0.25, 0.3) is 0 Å². The zero-order valence-corrected chi connectivity index (χ0v) is 17.7. The Balaban J connectivity index is 1.42. The maximum Gasteiger partial charge on any atom is 0.339 e. The van der Waals surface area contributed by atoms with Gasteiger partial charge < -0.3 is 25.1 Å². The Bertz CT molecular complexity index is 1320. The van der Waals surface area contributed by atoms with Crippen molar-refractivity contribution in [3.8, 4) is 28.7 Å². The Hall–Kier alpha value is -4.17. The molecule has 0 aliphatic carbocycles. The monoisotopic (exact) mass is 448 g/mol. The van der Waals surface area contributed by atoms with Crippen molar-refractivity contribution in [2.75, 3.05) is 11.5 Å². The van der Waals surface area contributed by atoms with Crippen molar-refractivity contribution in [2.24, 2.45) is 0 Å². The van der Waals surface area contributed by atoms with E-state index in [1.807, 2.05) is 0 Å². The first-order valence-electron chi connectivity index (χ1n) is 9.59. The number of ether oxygens (including phenoxy) is 2. The van der Waals surface area contributed by atoms with E-state index in [0.717, 1.165) is 0 Å². The minimum absolute atomic E-state index is 0.00230. The zero-order valence-electron chi connectivity index (χ0n) is 16.8. The van der Waals surface area contributed by atoms with Crippen molar-refractivity contribution >= 4 is 21.5 Å². The van der Waals surface area contributed by atoms with Crippen LogP contribution in [-0.2, 0) is 10.1 Å². The molecule has 4 rings (SSSR count). The molecule has 0 fully saturated rings. The molecule has 4 N–H and O–H groups in total. The fraction of sp³-hybridized carbons (Fsp3) is 0. The Morgan fingerprint density at radius 1 is 0.531 bits per heavy atom. The topological polar surface area (TPSA) is 114 Å². The van der Waals surface area contributed by atoms with Crippen LogP contribution < -0.4 is 25.1 Å². The minimum Gasteiger partial charge on any atom is -0.457 e. The number of nitrogens with two attached hydrogens (primary N) is 2. The summed E-state index contributed by atoms with van der Waals surface area (Å²) in [5, 5.41) is 0. The molecule has 0 atom stereocenters. The normalized spacial score (nSPS) is 11.0. The fourth-order valence-electron chi connectivity index (χ4n) is 2.84. The van der Waals surface area contributed by atoms with Crippen LogP contribution >= 0.6 is 0 Å². The Labute approximate surface area is 185 Å². The van der Waals surface area contributed by atoms with Gasteiger partial charge in [0.2, 0.25) is 0 Å². The maximum absolute atomic E-state index is 12.6. The third-order valence-electron chi connectivity index (χ3n) is 4.33. The average Bonchev–Trinajstić information content (AvgIpc) is 2.75. The number of rotatable bonds is 7. The quantitative estimate of drug-likeness (QED) is 0.295. The maximum atomic E-state index is 12.6. The van der Waals surface area contributed by atoms with Gasteiger partial charge in [0.05, 0.1) is 0 Å². The van der Waals surface area contributed by atoms with Crippen molar-refractivity contribution in [1.29, 1.82) is 0 Å². The van der Waals surface area contributed by atoms with E-state index < -0.39 is 10.1 Å². The molecule has 4 aromatic carbocycles. The highest BCUT2D eigenvalue weighted by Gasteiger charge is 2.17. The van der Waals surface area contributed by atoms with E-state index in [0.29, 0.717) is 34.4 Å². The molecule has 0 bridgehead atoms. The van der Waals surface area contributed by atoms with Crippen LogP contribution in [0.15, 0.2) is 102 Å². The van der Waals surface area contributed by atoms with Gasteiger partial charge in [-0.1, -0.05) is 12.1 Å². The highest BCUT2D eigenvalue weighted by atomic mass is 32.2. The van der Waals surface area contributed by atoms with Gasteiger partial charge in [0, 0.05) is 23.5 Å². The Morgan fingerprint density at radius 3 is 1.44 bits per heavy atom. The van der Waals surface area contributed by atoms with Gasteiger partial charge in [0.25, 0.3) is 0 Å². The molecular weight excluding hydrogens is 428 g/mol. The van der Waals surface area contributed by atoms with Crippen LogP contribution in [-0.4, -0.2) is 8.42 Å². The van der Waals surface area contributed by atoms with Crippen LogP contribution in [0.5, 0.6) is 28.7 Å². The second kappa shape index (κ2) is 8.91. The summed E-state index contributed by atoms with van der Waals surface area (Å²) in [6, 6.07) is 26.1. The van der Waals surface area contributed by atoms with Crippen molar-refractivity contribution in [3.05, 3.63) is 97.1 Å². The molecule has 0 spiro atoms. The van der Waals surface area contributed by atoms with Crippen LogP contribution in [0.2, 0.25) is 0 Å². The number of hydrogen-bond acceptors (Lipinski definition) is 7.